The zero-order valence-electron chi connectivity index (χ0n) is 18.0. The van der Waals surface area contributed by atoms with Crippen LogP contribution < -0.4 is 10.9 Å². The number of benzene rings is 2. The van der Waals surface area contributed by atoms with Crippen LogP contribution in [0.15, 0.2) is 57.7 Å². The van der Waals surface area contributed by atoms with Gasteiger partial charge in [-0.3, -0.25) is 4.90 Å². The van der Waals surface area contributed by atoms with Gasteiger partial charge in [-0.15, -0.1) is 0 Å². The summed E-state index contributed by atoms with van der Waals surface area (Å²) in [6.45, 7) is 10.2. The van der Waals surface area contributed by atoms with E-state index in [-0.39, 0.29) is 17.7 Å². The lowest BCUT2D eigenvalue weighted by Crippen LogP contribution is -2.46. The molecule has 30 heavy (non-hydrogen) atoms. The average molecular weight is 407 g/mol. The van der Waals surface area contributed by atoms with E-state index in [4.69, 9.17) is 9.15 Å². The van der Waals surface area contributed by atoms with Gasteiger partial charge < -0.3 is 14.5 Å². The van der Waals surface area contributed by atoms with Gasteiger partial charge in [0.25, 0.3) is 0 Å². The number of morpholine rings is 1. The lowest BCUT2D eigenvalue weighted by Gasteiger charge is -2.38. The molecule has 0 aliphatic carbocycles. The molecule has 1 aliphatic heterocycles. The predicted molar refractivity (Wildman–Crippen MR) is 120 cm³/mol. The zero-order valence-corrected chi connectivity index (χ0v) is 18.0. The second-order valence-electron chi connectivity index (χ2n) is 8.15. The van der Waals surface area contributed by atoms with Crippen LogP contribution in [0.1, 0.15) is 35.2 Å². The fourth-order valence-electron chi connectivity index (χ4n) is 4.37. The maximum absolute atomic E-state index is 12.2. The van der Waals surface area contributed by atoms with E-state index in [2.05, 4.69) is 59.6 Å². The monoisotopic (exact) mass is 406 g/mol. The highest BCUT2D eigenvalue weighted by molar-refractivity contribution is 5.83. The van der Waals surface area contributed by atoms with Crippen LogP contribution in [0.2, 0.25) is 0 Å². The second-order valence-corrected chi connectivity index (χ2v) is 8.15. The predicted octanol–water partition coefficient (Wildman–Crippen LogP) is 3.96. The summed E-state index contributed by atoms with van der Waals surface area (Å²) in [4.78, 5) is 14.7. The molecule has 1 aliphatic rings. The number of aryl methyl sites for hydroxylation is 2. The van der Waals surface area contributed by atoms with Crippen LogP contribution in [0.4, 0.5) is 0 Å². The van der Waals surface area contributed by atoms with E-state index < -0.39 is 0 Å². The smallest absolute Gasteiger partial charge is 0.336 e. The molecule has 2 heterocycles. The van der Waals surface area contributed by atoms with Crippen molar-refractivity contribution in [3.05, 3.63) is 81.2 Å². The Kier molecular flexibility index (Phi) is 6.32. The molecule has 0 amide bonds. The third kappa shape index (κ3) is 4.33. The van der Waals surface area contributed by atoms with Crippen molar-refractivity contribution in [3.63, 3.8) is 0 Å². The van der Waals surface area contributed by atoms with Gasteiger partial charge >= 0.3 is 5.63 Å². The number of hydrogen-bond donors (Lipinski definition) is 1. The van der Waals surface area contributed by atoms with Crippen molar-refractivity contribution in [2.45, 2.75) is 39.4 Å². The summed E-state index contributed by atoms with van der Waals surface area (Å²) in [5.41, 5.74) is 4.82. The van der Waals surface area contributed by atoms with Crippen LogP contribution in [0, 0.1) is 13.8 Å². The Hall–Kier alpha value is -2.47. The van der Waals surface area contributed by atoms with Crippen molar-refractivity contribution in [1.29, 1.82) is 0 Å². The van der Waals surface area contributed by atoms with Gasteiger partial charge in [0, 0.05) is 37.1 Å². The molecule has 158 valence electrons. The highest BCUT2D eigenvalue weighted by Gasteiger charge is 2.27. The third-order valence-corrected chi connectivity index (χ3v) is 6.19. The van der Waals surface area contributed by atoms with E-state index in [1.54, 1.807) is 6.07 Å². The topological polar surface area (TPSA) is 54.7 Å². The second kappa shape index (κ2) is 9.13. The van der Waals surface area contributed by atoms with E-state index in [1.807, 2.05) is 13.8 Å². The van der Waals surface area contributed by atoms with Crippen molar-refractivity contribution in [2.75, 3.05) is 26.3 Å². The van der Waals surface area contributed by atoms with Crippen molar-refractivity contribution in [3.8, 4) is 0 Å². The van der Waals surface area contributed by atoms with Gasteiger partial charge in [0.2, 0.25) is 0 Å². The van der Waals surface area contributed by atoms with Gasteiger partial charge in [-0.1, -0.05) is 42.5 Å². The Morgan fingerprint density at radius 3 is 2.53 bits per heavy atom. The zero-order chi connectivity index (χ0) is 21.1. The fraction of sp³-hybridized carbons (Fsp3) is 0.400. The van der Waals surface area contributed by atoms with E-state index in [0.717, 1.165) is 48.4 Å². The molecular weight excluding hydrogens is 376 g/mol. The van der Waals surface area contributed by atoms with Crippen molar-refractivity contribution in [1.82, 2.24) is 10.2 Å². The van der Waals surface area contributed by atoms with Gasteiger partial charge in [0.1, 0.15) is 5.58 Å². The molecule has 1 fully saturated rings. The number of nitrogens with zero attached hydrogens (tertiary/aromatic N) is 1. The minimum absolute atomic E-state index is 0.194. The van der Waals surface area contributed by atoms with Gasteiger partial charge in [-0.05, 0) is 43.0 Å². The van der Waals surface area contributed by atoms with Gasteiger partial charge in [-0.2, -0.15) is 0 Å². The van der Waals surface area contributed by atoms with Crippen molar-refractivity contribution < 1.29 is 9.15 Å². The van der Waals surface area contributed by atoms with E-state index in [1.165, 1.54) is 5.56 Å². The maximum atomic E-state index is 12.2. The molecule has 1 N–H and O–H groups in total. The summed E-state index contributed by atoms with van der Waals surface area (Å²) in [7, 11) is 0. The fourth-order valence-corrected chi connectivity index (χ4v) is 4.37. The summed E-state index contributed by atoms with van der Waals surface area (Å²) in [6.07, 6.45) is 0. The standard InChI is InChI=1S/C25H30N2O3/c1-17-9-10-22-21(15-23(28)30-25(22)18(17)2)16-26-19(3)24(20-7-5-4-6-8-20)27-11-13-29-14-12-27/h4-10,15,19,24,26H,11-14,16H2,1-3H3/t19-,24-/m1/s1. The molecule has 5 nitrogen and oxygen atoms in total. The van der Waals surface area contributed by atoms with E-state index in [0.29, 0.717) is 12.1 Å². The molecule has 0 unspecified atom stereocenters. The Labute approximate surface area is 177 Å². The Morgan fingerprint density at radius 1 is 1.07 bits per heavy atom. The minimum Gasteiger partial charge on any atom is -0.422 e. The quantitative estimate of drug-likeness (QED) is 0.628. The number of hydrogen-bond acceptors (Lipinski definition) is 5. The highest BCUT2D eigenvalue weighted by Crippen LogP contribution is 2.27. The molecule has 4 rings (SSSR count). The molecule has 1 saturated heterocycles. The Balaban J connectivity index is 1.60. The molecule has 0 bridgehead atoms. The van der Waals surface area contributed by atoms with Gasteiger partial charge in [0.15, 0.2) is 0 Å². The summed E-state index contributed by atoms with van der Waals surface area (Å²) in [6, 6.07) is 16.8. The Bertz CT molecular complexity index is 1060. The van der Waals surface area contributed by atoms with Crippen LogP contribution in [0.25, 0.3) is 11.0 Å². The van der Waals surface area contributed by atoms with Crippen molar-refractivity contribution >= 4 is 11.0 Å². The van der Waals surface area contributed by atoms with Gasteiger partial charge in [0.05, 0.1) is 19.3 Å². The normalized spacial score (nSPS) is 17.2. The minimum atomic E-state index is -0.298. The Morgan fingerprint density at radius 2 is 1.80 bits per heavy atom. The van der Waals surface area contributed by atoms with Crippen molar-refractivity contribution in [2.24, 2.45) is 0 Å². The summed E-state index contributed by atoms with van der Waals surface area (Å²) < 4.78 is 11.1. The van der Waals surface area contributed by atoms with Crippen LogP contribution >= 0.6 is 0 Å². The first kappa shape index (κ1) is 20.8. The molecule has 3 aromatic rings. The number of ether oxygens (including phenoxy) is 1. The highest BCUT2D eigenvalue weighted by atomic mass is 16.5. The molecular formula is C25H30N2O3. The molecule has 2 atom stereocenters. The lowest BCUT2D eigenvalue weighted by molar-refractivity contribution is 0.00855. The van der Waals surface area contributed by atoms with Crippen LogP contribution in [-0.4, -0.2) is 37.2 Å². The number of rotatable bonds is 6. The first-order valence-electron chi connectivity index (χ1n) is 10.7. The molecule has 0 radical (unpaired) electrons. The first-order valence-corrected chi connectivity index (χ1v) is 10.7. The van der Waals surface area contributed by atoms with Gasteiger partial charge in [-0.25, -0.2) is 4.79 Å². The third-order valence-electron chi connectivity index (χ3n) is 6.19. The average Bonchev–Trinajstić information content (AvgIpc) is 2.76. The largest absolute Gasteiger partial charge is 0.422 e. The van der Waals surface area contributed by atoms with E-state index in [9.17, 15) is 4.79 Å². The molecule has 1 aromatic heterocycles. The van der Waals surface area contributed by atoms with Crippen LogP contribution in [-0.2, 0) is 11.3 Å². The molecule has 0 saturated carbocycles. The molecule has 0 spiro atoms. The molecule has 5 heteroatoms. The number of nitrogens with one attached hydrogen (secondary N) is 1. The van der Waals surface area contributed by atoms with Crippen LogP contribution in [0.5, 0.6) is 0 Å². The summed E-state index contributed by atoms with van der Waals surface area (Å²) in [5.74, 6) is 0. The van der Waals surface area contributed by atoms with Crippen LogP contribution in [0.3, 0.4) is 0 Å². The number of fused-ring (bicyclic) bond motifs is 1. The molecule has 2 aromatic carbocycles. The first-order chi connectivity index (χ1) is 14.5. The SMILES string of the molecule is Cc1ccc2c(CN[C@H](C)[C@H](c3ccccc3)N3CCOCC3)cc(=O)oc2c1C. The maximum Gasteiger partial charge on any atom is 0.336 e. The van der Waals surface area contributed by atoms with E-state index >= 15 is 0 Å². The lowest BCUT2D eigenvalue weighted by atomic mass is 9.97. The summed E-state index contributed by atoms with van der Waals surface area (Å²) in [5, 5.41) is 4.69. The summed E-state index contributed by atoms with van der Waals surface area (Å²) >= 11 is 0.